The zero-order valence-corrected chi connectivity index (χ0v) is 20.1. The van der Waals surface area contributed by atoms with E-state index in [4.69, 9.17) is 4.98 Å². The third-order valence-corrected chi connectivity index (χ3v) is 8.07. The predicted octanol–water partition coefficient (Wildman–Crippen LogP) is 5.25. The van der Waals surface area contributed by atoms with Gasteiger partial charge >= 0.3 is 0 Å². The minimum absolute atomic E-state index is 0.132. The second-order valence-corrected chi connectivity index (χ2v) is 9.99. The number of imidazole rings is 1. The Bertz CT molecular complexity index is 1370. The normalized spacial score (nSPS) is 19.1. The average Bonchev–Trinajstić information content (AvgIpc) is 3.42. The van der Waals surface area contributed by atoms with E-state index < -0.39 is 0 Å². The Morgan fingerprint density at radius 1 is 1.00 bits per heavy atom. The summed E-state index contributed by atoms with van der Waals surface area (Å²) < 4.78 is 2.26. The van der Waals surface area contributed by atoms with Gasteiger partial charge in [-0.15, -0.1) is 0 Å². The summed E-state index contributed by atoms with van der Waals surface area (Å²) in [6.07, 6.45) is 5.07. The third kappa shape index (κ3) is 3.59. The van der Waals surface area contributed by atoms with Crippen LogP contribution in [0.25, 0.3) is 21.8 Å². The minimum atomic E-state index is 0.132. The van der Waals surface area contributed by atoms with Crippen LogP contribution in [-0.4, -0.2) is 57.5 Å². The first-order valence-corrected chi connectivity index (χ1v) is 12.5. The van der Waals surface area contributed by atoms with Gasteiger partial charge in [-0.2, -0.15) is 0 Å². The molecule has 5 heteroatoms. The molecular formula is C29H32N4O. The fourth-order valence-electron chi connectivity index (χ4n) is 5.78. The van der Waals surface area contributed by atoms with E-state index in [-0.39, 0.29) is 5.91 Å². The Kier molecular flexibility index (Phi) is 5.37. The van der Waals surface area contributed by atoms with Crippen molar-refractivity contribution in [3.63, 3.8) is 0 Å². The summed E-state index contributed by atoms with van der Waals surface area (Å²) in [7, 11) is 1.99. The smallest absolute Gasteiger partial charge is 0.254 e. The maximum Gasteiger partial charge on any atom is 0.254 e. The summed E-state index contributed by atoms with van der Waals surface area (Å²) >= 11 is 0. The molecule has 0 radical (unpaired) electrons. The Balaban J connectivity index is 1.30. The Labute approximate surface area is 201 Å². The zero-order valence-electron chi connectivity index (χ0n) is 20.1. The number of para-hydroxylation sites is 2. The summed E-state index contributed by atoms with van der Waals surface area (Å²) in [5.41, 5.74) is 4.17. The van der Waals surface area contributed by atoms with E-state index in [0.29, 0.717) is 6.04 Å². The molecule has 2 fully saturated rings. The SMILES string of the molecule is Cc1nc2ccccc2n1Cc1ccc(C(=O)N(C)C2CCN(C3CCC3)C2)c2ccccc12. The van der Waals surface area contributed by atoms with Crippen molar-refractivity contribution >= 4 is 27.7 Å². The molecule has 34 heavy (non-hydrogen) atoms. The Hall–Kier alpha value is -3.18. The van der Waals surface area contributed by atoms with E-state index in [1.807, 2.05) is 30.1 Å². The Morgan fingerprint density at radius 3 is 2.56 bits per heavy atom. The molecular weight excluding hydrogens is 420 g/mol. The molecule has 1 unspecified atom stereocenters. The lowest BCUT2D eigenvalue weighted by Gasteiger charge is -2.35. The number of benzene rings is 3. The molecule has 0 bridgehead atoms. The standard InChI is InChI=1S/C29H32N4O/c1-20-30-27-12-5-6-13-28(27)33(20)18-21-14-15-26(25-11-4-3-10-24(21)25)29(34)31(2)23-16-17-32(19-23)22-8-7-9-22/h3-6,10-15,22-23H,7-9,16-19H2,1-2H3. The molecule has 2 heterocycles. The molecule has 2 aliphatic rings. The van der Waals surface area contributed by atoms with Crippen molar-refractivity contribution in [3.8, 4) is 0 Å². The van der Waals surface area contributed by atoms with Crippen molar-refractivity contribution in [1.29, 1.82) is 0 Å². The highest BCUT2D eigenvalue weighted by molar-refractivity contribution is 6.08. The van der Waals surface area contributed by atoms with Crippen molar-refractivity contribution < 1.29 is 4.79 Å². The van der Waals surface area contributed by atoms with Crippen molar-refractivity contribution in [2.24, 2.45) is 0 Å². The number of nitrogens with zero attached hydrogens (tertiary/aromatic N) is 4. The molecule has 0 spiro atoms. The number of likely N-dealkylation sites (N-methyl/N-ethyl adjacent to an activating group) is 1. The van der Waals surface area contributed by atoms with Crippen LogP contribution >= 0.6 is 0 Å². The van der Waals surface area contributed by atoms with Gasteiger partial charge in [-0.3, -0.25) is 9.69 Å². The molecule has 3 aromatic carbocycles. The molecule has 1 saturated carbocycles. The summed E-state index contributed by atoms with van der Waals surface area (Å²) in [6.45, 7) is 4.92. The molecule has 4 aromatic rings. The van der Waals surface area contributed by atoms with E-state index in [0.717, 1.165) is 65.3 Å². The maximum absolute atomic E-state index is 13.7. The highest BCUT2D eigenvalue weighted by Crippen LogP contribution is 2.31. The van der Waals surface area contributed by atoms with Crippen molar-refractivity contribution in [3.05, 3.63) is 77.6 Å². The van der Waals surface area contributed by atoms with Gasteiger partial charge in [0.25, 0.3) is 5.91 Å². The van der Waals surface area contributed by atoms with Crippen LogP contribution in [-0.2, 0) is 6.54 Å². The van der Waals surface area contributed by atoms with Crippen molar-refractivity contribution in [2.75, 3.05) is 20.1 Å². The van der Waals surface area contributed by atoms with Gasteiger partial charge in [0, 0.05) is 44.3 Å². The van der Waals surface area contributed by atoms with Gasteiger partial charge in [0.1, 0.15) is 5.82 Å². The first-order valence-electron chi connectivity index (χ1n) is 12.5. The van der Waals surface area contributed by atoms with Gasteiger partial charge < -0.3 is 9.47 Å². The number of aromatic nitrogens is 2. The van der Waals surface area contributed by atoms with Crippen LogP contribution in [0, 0.1) is 6.92 Å². The van der Waals surface area contributed by atoms with Crippen molar-refractivity contribution in [1.82, 2.24) is 19.4 Å². The van der Waals surface area contributed by atoms with E-state index in [2.05, 4.69) is 58.9 Å². The highest BCUT2D eigenvalue weighted by Gasteiger charge is 2.34. The Morgan fingerprint density at radius 2 is 1.76 bits per heavy atom. The van der Waals surface area contributed by atoms with E-state index >= 15 is 0 Å². The van der Waals surface area contributed by atoms with Gasteiger partial charge in [-0.25, -0.2) is 4.98 Å². The summed E-state index contributed by atoms with van der Waals surface area (Å²) in [5.74, 6) is 1.13. The maximum atomic E-state index is 13.7. The van der Waals surface area contributed by atoms with Crippen LogP contribution in [0.2, 0.25) is 0 Å². The lowest BCUT2D eigenvalue weighted by atomic mass is 9.92. The number of hydrogen-bond donors (Lipinski definition) is 0. The van der Waals surface area contributed by atoms with Crippen LogP contribution in [0.5, 0.6) is 0 Å². The molecule has 1 atom stereocenters. The van der Waals surface area contributed by atoms with Crippen LogP contribution in [0.3, 0.4) is 0 Å². The predicted molar refractivity (Wildman–Crippen MR) is 137 cm³/mol. The molecule has 5 nitrogen and oxygen atoms in total. The van der Waals surface area contributed by atoms with Crippen LogP contribution in [0.15, 0.2) is 60.7 Å². The number of carbonyl (C=O) groups is 1. The summed E-state index contributed by atoms with van der Waals surface area (Å²) in [6, 6.07) is 21.8. The van der Waals surface area contributed by atoms with Gasteiger partial charge in [0.15, 0.2) is 0 Å². The first kappa shape index (κ1) is 21.4. The van der Waals surface area contributed by atoms with Gasteiger partial charge in [0.2, 0.25) is 0 Å². The summed E-state index contributed by atoms with van der Waals surface area (Å²) in [5, 5.41) is 2.18. The number of fused-ring (bicyclic) bond motifs is 2. The van der Waals surface area contributed by atoms with E-state index in [1.54, 1.807) is 0 Å². The number of aryl methyl sites for hydroxylation is 1. The van der Waals surface area contributed by atoms with Crippen LogP contribution < -0.4 is 0 Å². The average molecular weight is 453 g/mol. The number of rotatable bonds is 5. The van der Waals surface area contributed by atoms with Gasteiger partial charge in [0.05, 0.1) is 11.0 Å². The topological polar surface area (TPSA) is 41.4 Å². The molecule has 0 N–H and O–H groups in total. The molecule has 1 saturated heterocycles. The first-order chi connectivity index (χ1) is 16.6. The number of hydrogen-bond acceptors (Lipinski definition) is 3. The largest absolute Gasteiger partial charge is 0.337 e. The summed E-state index contributed by atoms with van der Waals surface area (Å²) in [4.78, 5) is 23.0. The minimum Gasteiger partial charge on any atom is -0.337 e. The van der Waals surface area contributed by atoms with E-state index in [9.17, 15) is 4.79 Å². The second kappa shape index (κ2) is 8.55. The number of amides is 1. The third-order valence-electron chi connectivity index (χ3n) is 8.07. The monoisotopic (exact) mass is 452 g/mol. The molecule has 1 aromatic heterocycles. The van der Waals surface area contributed by atoms with Crippen LogP contribution in [0.4, 0.5) is 0 Å². The van der Waals surface area contributed by atoms with Crippen molar-refractivity contribution in [2.45, 2.75) is 51.2 Å². The fraction of sp³-hybridized carbons (Fsp3) is 0.379. The van der Waals surface area contributed by atoms with E-state index in [1.165, 1.54) is 24.8 Å². The fourth-order valence-corrected chi connectivity index (χ4v) is 5.78. The zero-order chi connectivity index (χ0) is 23.2. The van der Waals surface area contributed by atoms with Gasteiger partial charge in [-0.05, 0) is 60.7 Å². The van der Waals surface area contributed by atoms with Gasteiger partial charge in [-0.1, -0.05) is 48.9 Å². The number of carbonyl (C=O) groups excluding carboxylic acids is 1. The molecule has 174 valence electrons. The quantitative estimate of drug-likeness (QED) is 0.416. The lowest BCUT2D eigenvalue weighted by Crippen LogP contribution is -2.43. The highest BCUT2D eigenvalue weighted by atomic mass is 16.2. The molecule has 1 amide bonds. The lowest BCUT2D eigenvalue weighted by molar-refractivity contribution is 0.0722. The molecule has 1 aliphatic carbocycles. The number of likely N-dealkylation sites (tertiary alicyclic amines) is 1. The van der Waals surface area contributed by atoms with Crippen LogP contribution in [0.1, 0.15) is 47.4 Å². The molecule has 1 aliphatic heterocycles. The second-order valence-electron chi connectivity index (χ2n) is 9.99. The molecule has 6 rings (SSSR count).